The monoisotopic (exact) mass is 953 g/mol. The zero-order valence-electron chi connectivity index (χ0n) is 49.4. The summed E-state index contributed by atoms with van der Waals surface area (Å²) in [7, 11) is 16.3. The highest BCUT2D eigenvalue weighted by Crippen LogP contribution is 2.32. The van der Waals surface area contributed by atoms with E-state index in [1.807, 2.05) is 0 Å². The minimum Gasteiger partial charge on any atom is -0.313 e. The van der Waals surface area contributed by atoms with Crippen molar-refractivity contribution in [3.05, 3.63) is 0 Å². The minimum absolute atomic E-state index is 0.368. The molecule has 6 aliphatic heterocycles. The molecule has 0 aromatic heterocycles. The summed E-state index contributed by atoms with van der Waals surface area (Å²) in [5.74, 6) is 0. The smallest absolute Gasteiger partial charge is 0.140 e. The molecule has 12 nitrogen and oxygen atoms in total. The van der Waals surface area contributed by atoms with Gasteiger partial charge in [-0.15, -0.1) is 0 Å². The average molecular weight is 954 g/mol. The molecule has 0 bridgehead atoms. The summed E-state index contributed by atoms with van der Waals surface area (Å²) < 4.78 is 7.47. The lowest BCUT2D eigenvalue weighted by molar-refractivity contribution is -0.980. The Balaban J connectivity index is 0.000000214. The van der Waals surface area contributed by atoms with E-state index in [2.05, 4.69) is 169 Å². The molecule has 8 fully saturated rings. The van der Waals surface area contributed by atoms with Crippen LogP contribution < -0.4 is 0 Å². The molecule has 398 valence electrons. The first-order chi connectivity index (χ1) is 31.1. The molecule has 2 aliphatic carbocycles. The molecule has 8 aliphatic rings. The van der Waals surface area contributed by atoms with E-state index in [9.17, 15) is 0 Å². The van der Waals surface area contributed by atoms with Gasteiger partial charge in [-0.3, -0.25) is 9.80 Å². The molecule has 12 heteroatoms. The van der Waals surface area contributed by atoms with Crippen LogP contribution in [0.2, 0.25) is 0 Å². The van der Waals surface area contributed by atoms with Crippen molar-refractivity contribution < 1.29 is 26.9 Å². The fourth-order valence-electron chi connectivity index (χ4n) is 11.2. The number of nitrogens with zero attached hydrogens (tertiary/aromatic N) is 12. The van der Waals surface area contributed by atoms with Crippen LogP contribution in [0.5, 0.6) is 0 Å². The van der Waals surface area contributed by atoms with Crippen LogP contribution in [0.1, 0.15) is 154 Å². The molecule has 6 saturated heterocycles. The molecule has 6 heterocycles. The molecule has 0 aromatic rings. The maximum Gasteiger partial charge on any atom is 0.140 e. The summed E-state index contributed by atoms with van der Waals surface area (Å²) >= 11 is 0. The first-order valence-corrected chi connectivity index (χ1v) is 28.5. The van der Waals surface area contributed by atoms with Crippen molar-refractivity contribution in [2.24, 2.45) is 0 Å². The molecule has 67 heavy (non-hydrogen) atoms. The third kappa shape index (κ3) is 18.5. The van der Waals surface area contributed by atoms with E-state index in [4.69, 9.17) is 0 Å². The normalized spacial score (nSPS) is 29.9. The highest BCUT2D eigenvalue weighted by Gasteiger charge is 2.45. The first-order valence-electron chi connectivity index (χ1n) is 28.5. The Morgan fingerprint density at radius 3 is 1.03 bits per heavy atom. The number of hydrogen-bond donors (Lipinski definition) is 0. The van der Waals surface area contributed by atoms with Gasteiger partial charge in [-0.05, 0) is 115 Å². The topological polar surface area (TPSA) is 19.4 Å². The summed E-state index contributed by atoms with van der Waals surface area (Å²) in [4.78, 5) is 15.4. The summed E-state index contributed by atoms with van der Waals surface area (Å²) in [6, 6.07) is 1.88. The van der Waals surface area contributed by atoms with Gasteiger partial charge in [-0.2, -0.15) is 0 Å². The molecular formula is C55H124N12+6. The second kappa shape index (κ2) is 26.0. The standard InChI is InChI=1S/C11H23N2.C10H21N2.C10H23N2.C9H21N2.C8H19N2.C7H17N2/c1-3-13(2)9-12(10-13)11-7-5-4-6-8-11;1-3-12(2)8-11(9-12)10-6-4-5-7-10;1-6-10(3,4)11-8-12(5,7-2)9-11;1-6-11(5)7-10(8-11)9(2,3)4;1-4-9-6-7-10(3,5-2)8-9;1-4-9(3)6-5-8(2)7-9/h11H,3-10H2,1-2H3;10H,3-9H2,1-2H3;6-9H2,1-5H3;6-8H2,1-5H3;4-8H2,1-3H3;4-7H2,1-3H3/q6*+1/t;;;;10-;9-/m....11/s1. The van der Waals surface area contributed by atoms with Crippen molar-refractivity contribution in [2.75, 3.05) is 188 Å². The predicted octanol–water partition coefficient (Wildman–Crippen LogP) is 8.10. The van der Waals surface area contributed by atoms with E-state index in [1.54, 1.807) is 0 Å². The second-order valence-corrected chi connectivity index (χ2v) is 26.6. The maximum atomic E-state index is 2.70. The largest absolute Gasteiger partial charge is 0.313 e. The van der Waals surface area contributed by atoms with E-state index < -0.39 is 0 Å². The number of quaternary nitrogens is 6. The highest BCUT2D eigenvalue weighted by molar-refractivity contribution is 4.80. The summed E-state index contributed by atoms with van der Waals surface area (Å²) in [5.41, 5.74) is 0.778. The lowest BCUT2D eigenvalue weighted by Crippen LogP contribution is -2.71. The number of likely N-dealkylation sites (N-methyl/N-ethyl adjacent to an activating group) is 4. The number of rotatable bonds is 11. The molecular weight excluding hydrogens is 829 g/mol. The van der Waals surface area contributed by atoms with Crippen molar-refractivity contribution in [2.45, 2.75) is 177 Å². The van der Waals surface area contributed by atoms with Gasteiger partial charge in [0.05, 0.1) is 108 Å². The lowest BCUT2D eigenvalue weighted by atomic mass is 9.94. The van der Waals surface area contributed by atoms with Crippen molar-refractivity contribution >= 4 is 0 Å². The van der Waals surface area contributed by atoms with Gasteiger partial charge < -0.3 is 26.9 Å². The second-order valence-electron chi connectivity index (χ2n) is 26.6. The molecule has 2 saturated carbocycles. The Labute approximate surface area is 420 Å². The van der Waals surface area contributed by atoms with E-state index in [0.29, 0.717) is 11.1 Å². The SMILES string of the molecule is CCC(C)(C)N1C[N+](C)(CC)C1.CCN1CC[N@@+](C)(CC)C1.CC[N+]1(C)CN(C(C)(C)C)C1.CC[N+]1(C)CN(C2CCCC2)C1.CC[N+]1(C)CN(C2CCCCC2)C1.CC[N@+]1(C)CCN(C)C1. The van der Waals surface area contributed by atoms with Crippen LogP contribution in [-0.4, -0.2) is 267 Å². The van der Waals surface area contributed by atoms with Crippen LogP contribution in [0.25, 0.3) is 0 Å². The van der Waals surface area contributed by atoms with Gasteiger partial charge in [0.25, 0.3) is 0 Å². The van der Waals surface area contributed by atoms with E-state index >= 15 is 0 Å². The van der Waals surface area contributed by atoms with Gasteiger partial charge in [0.1, 0.15) is 66.7 Å². The Morgan fingerprint density at radius 2 is 0.746 bits per heavy atom. The Bertz CT molecular complexity index is 1370. The molecule has 0 amide bonds. The van der Waals surface area contributed by atoms with E-state index in [1.165, 1.54) is 230 Å². The van der Waals surface area contributed by atoms with Crippen LogP contribution in [0.3, 0.4) is 0 Å². The molecule has 2 atom stereocenters. The third-order valence-electron chi connectivity index (χ3n) is 18.9. The summed E-state index contributed by atoms with van der Waals surface area (Å²) in [6.07, 6.45) is 14.4. The Morgan fingerprint density at radius 1 is 0.403 bits per heavy atom. The quantitative estimate of drug-likeness (QED) is 0.194. The Kier molecular flexibility index (Phi) is 23.6. The van der Waals surface area contributed by atoms with Crippen molar-refractivity contribution in [3.63, 3.8) is 0 Å². The van der Waals surface area contributed by atoms with Gasteiger partial charge in [-0.25, -0.2) is 19.6 Å². The highest BCUT2D eigenvalue weighted by atomic mass is 15.6. The van der Waals surface area contributed by atoms with Crippen molar-refractivity contribution in [1.82, 2.24) is 29.4 Å². The van der Waals surface area contributed by atoms with Crippen LogP contribution >= 0.6 is 0 Å². The van der Waals surface area contributed by atoms with E-state index in [-0.39, 0.29) is 0 Å². The zero-order chi connectivity index (χ0) is 50.5. The lowest BCUT2D eigenvalue weighted by Gasteiger charge is -2.54. The van der Waals surface area contributed by atoms with Crippen LogP contribution in [0, 0.1) is 0 Å². The molecule has 0 radical (unpaired) electrons. The van der Waals surface area contributed by atoms with Crippen molar-refractivity contribution in [1.29, 1.82) is 0 Å². The van der Waals surface area contributed by atoms with Crippen molar-refractivity contribution in [3.8, 4) is 0 Å². The fourth-order valence-corrected chi connectivity index (χ4v) is 11.2. The zero-order valence-corrected chi connectivity index (χ0v) is 49.4. The van der Waals surface area contributed by atoms with Gasteiger partial charge in [0.15, 0.2) is 0 Å². The molecule has 0 spiro atoms. The van der Waals surface area contributed by atoms with Gasteiger partial charge >= 0.3 is 0 Å². The summed E-state index contributed by atoms with van der Waals surface area (Å²) in [5, 5.41) is 0. The van der Waals surface area contributed by atoms with Gasteiger partial charge in [0.2, 0.25) is 0 Å². The Hall–Kier alpha value is -0.480. The molecule has 0 N–H and O–H groups in total. The van der Waals surface area contributed by atoms with E-state index in [0.717, 1.165) is 12.1 Å². The van der Waals surface area contributed by atoms with Crippen LogP contribution in [0.15, 0.2) is 0 Å². The minimum atomic E-state index is 0.368. The fraction of sp³-hybridized carbons (Fsp3) is 1.00. The van der Waals surface area contributed by atoms with Gasteiger partial charge in [0, 0.05) is 29.7 Å². The van der Waals surface area contributed by atoms with Gasteiger partial charge in [-0.1, -0.05) is 46.0 Å². The predicted molar refractivity (Wildman–Crippen MR) is 289 cm³/mol. The maximum absolute atomic E-state index is 2.70. The third-order valence-corrected chi connectivity index (χ3v) is 18.9. The molecule has 0 aromatic carbocycles. The first kappa shape index (κ1) is 60.8. The molecule has 0 unspecified atom stereocenters. The molecule has 8 rings (SSSR count). The van der Waals surface area contributed by atoms with Crippen LogP contribution in [-0.2, 0) is 0 Å². The van der Waals surface area contributed by atoms with Crippen LogP contribution in [0.4, 0.5) is 0 Å². The number of hydrogen-bond acceptors (Lipinski definition) is 6. The average Bonchev–Trinajstić information content (AvgIpc) is 4.03. The summed E-state index contributed by atoms with van der Waals surface area (Å²) in [6.45, 7) is 56.4.